The second kappa shape index (κ2) is 7.71. The van der Waals surface area contributed by atoms with Gasteiger partial charge in [-0.05, 0) is 46.8 Å². The Morgan fingerprint density at radius 3 is 2.48 bits per heavy atom. The summed E-state index contributed by atoms with van der Waals surface area (Å²) >= 11 is 0. The first-order chi connectivity index (χ1) is 10.7. The van der Waals surface area contributed by atoms with Crippen molar-refractivity contribution in [1.82, 2.24) is 0 Å². The van der Waals surface area contributed by atoms with Crippen molar-refractivity contribution in [1.29, 1.82) is 0 Å². The fourth-order valence-corrected chi connectivity index (χ4v) is 2.01. The number of carbonyl (C=O) groups is 2. The Balaban J connectivity index is 3.06. The molecule has 7 nitrogen and oxygen atoms in total. The molecule has 0 aliphatic heterocycles. The van der Waals surface area contributed by atoms with Gasteiger partial charge in [0.1, 0.15) is 11.4 Å². The predicted octanol–water partition coefficient (Wildman–Crippen LogP) is 3.97. The van der Waals surface area contributed by atoms with Crippen LogP contribution in [0.1, 0.15) is 40.2 Å². The molecule has 1 rings (SSSR count). The van der Waals surface area contributed by atoms with Crippen LogP contribution in [0.25, 0.3) is 0 Å². The van der Waals surface area contributed by atoms with E-state index in [1.165, 1.54) is 0 Å². The van der Waals surface area contributed by atoms with Crippen LogP contribution in [0.15, 0.2) is 18.2 Å². The van der Waals surface area contributed by atoms with E-state index in [0.29, 0.717) is 23.6 Å². The van der Waals surface area contributed by atoms with Gasteiger partial charge in [0, 0.05) is 17.3 Å². The molecule has 0 atom stereocenters. The number of hydrogen-bond donors (Lipinski definition) is 2. The van der Waals surface area contributed by atoms with Gasteiger partial charge in [-0.3, -0.25) is 5.32 Å². The van der Waals surface area contributed by atoms with E-state index < -0.39 is 17.8 Å². The summed E-state index contributed by atoms with van der Waals surface area (Å²) in [6, 6.07) is 4.89. The summed E-state index contributed by atoms with van der Waals surface area (Å²) in [6.07, 6.45) is -2.18. The predicted molar refractivity (Wildman–Crippen MR) is 85.0 cm³/mol. The maximum atomic E-state index is 11.6. The first kappa shape index (κ1) is 18.6. The van der Waals surface area contributed by atoms with Crippen LogP contribution in [-0.2, 0) is 15.1 Å². The Kier molecular flexibility index (Phi) is 6.24. The average Bonchev–Trinajstić information content (AvgIpc) is 2.36. The minimum absolute atomic E-state index is 0.233. The standard InChI is InChI=1S/C16H23NO6/c1-6-21-13-9-11(17-14(18)22-10(2)3)7-8-12(13)16(4,5)23-15(19)20/h7-10H,6H2,1-5H3,(H,17,18)(H,19,20). The third kappa shape index (κ3) is 5.69. The Labute approximate surface area is 135 Å². The molecular weight excluding hydrogens is 302 g/mol. The molecule has 0 fully saturated rings. The van der Waals surface area contributed by atoms with E-state index in [-0.39, 0.29) is 6.10 Å². The number of ether oxygens (including phenoxy) is 3. The normalized spacial score (nSPS) is 11.0. The van der Waals surface area contributed by atoms with Crippen molar-refractivity contribution in [3.05, 3.63) is 23.8 Å². The smallest absolute Gasteiger partial charge is 0.493 e. The zero-order valence-corrected chi connectivity index (χ0v) is 14.0. The van der Waals surface area contributed by atoms with Crippen LogP contribution >= 0.6 is 0 Å². The van der Waals surface area contributed by atoms with Crippen molar-refractivity contribution in [2.75, 3.05) is 11.9 Å². The summed E-state index contributed by atoms with van der Waals surface area (Å²) < 4.78 is 15.5. The molecule has 0 saturated carbocycles. The summed E-state index contributed by atoms with van der Waals surface area (Å²) in [6.45, 7) is 8.94. The highest BCUT2D eigenvalue weighted by Gasteiger charge is 2.29. The molecule has 0 bridgehead atoms. The van der Waals surface area contributed by atoms with Crippen LogP contribution in [0.4, 0.5) is 15.3 Å². The second-order valence-corrected chi connectivity index (χ2v) is 5.60. The lowest BCUT2D eigenvalue weighted by molar-refractivity contribution is -0.000354. The molecule has 0 heterocycles. The van der Waals surface area contributed by atoms with Gasteiger partial charge in [0.25, 0.3) is 0 Å². The summed E-state index contributed by atoms with van der Waals surface area (Å²) in [7, 11) is 0. The molecule has 0 aliphatic carbocycles. The van der Waals surface area contributed by atoms with Gasteiger partial charge in [0.05, 0.1) is 12.7 Å². The fraction of sp³-hybridized carbons (Fsp3) is 0.500. The Morgan fingerprint density at radius 1 is 1.30 bits per heavy atom. The monoisotopic (exact) mass is 325 g/mol. The van der Waals surface area contributed by atoms with Crippen molar-refractivity contribution in [2.45, 2.75) is 46.3 Å². The van der Waals surface area contributed by atoms with Gasteiger partial charge in [0.15, 0.2) is 0 Å². The maximum Gasteiger partial charge on any atom is 0.506 e. The fourth-order valence-electron chi connectivity index (χ4n) is 2.01. The molecule has 0 radical (unpaired) electrons. The van der Waals surface area contributed by atoms with Gasteiger partial charge in [-0.1, -0.05) is 0 Å². The molecule has 1 aromatic rings. The van der Waals surface area contributed by atoms with Crippen LogP contribution in [0.2, 0.25) is 0 Å². The van der Waals surface area contributed by atoms with Crippen molar-refractivity contribution in [2.24, 2.45) is 0 Å². The zero-order chi connectivity index (χ0) is 17.6. The Hall–Kier alpha value is -2.44. The van der Waals surface area contributed by atoms with Crippen molar-refractivity contribution in [3.8, 4) is 5.75 Å². The number of hydrogen-bond acceptors (Lipinski definition) is 5. The Bertz CT molecular complexity index is 568. The first-order valence-corrected chi connectivity index (χ1v) is 7.32. The highest BCUT2D eigenvalue weighted by molar-refractivity contribution is 5.85. The van der Waals surface area contributed by atoms with Crippen molar-refractivity contribution >= 4 is 17.9 Å². The molecule has 128 valence electrons. The molecule has 1 amide bonds. The zero-order valence-electron chi connectivity index (χ0n) is 14.0. The topological polar surface area (TPSA) is 94.1 Å². The molecule has 7 heteroatoms. The number of carbonyl (C=O) groups excluding carboxylic acids is 1. The van der Waals surface area contributed by atoms with E-state index >= 15 is 0 Å². The number of anilines is 1. The SMILES string of the molecule is CCOc1cc(NC(=O)OC(C)C)ccc1C(C)(C)OC(=O)O. The summed E-state index contributed by atoms with van der Waals surface area (Å²) in [5.41, 5.74) is -0.0497. The lowest BCUT2D eigenvalue weighted by Gasteiger charge is -2.26. The van der Waals surface area contributed by atoms with Gasteiger partial charge >= 0.3 is 12.2 Å². The van der Waals surface area contributed by atoms with Crippen molar-refractivity contribution in [3.63, 3.8) is 0 Å². The molecule has 2 N–H and O–H groups in total. The lowest BCUT2D eigenvalue weighted by atomic mass is 9.96. The highest BCUT2D eigenvalue weighted by Crippen LogP contribution is 2.35. The second-order valence-electron chi connectivity index (χ2n) is 5.60. The van der Waals surface area contributed by atoms with Gasteiger partial charge in [-0.2, -0.15) is 0 Å². The van der Waals surface area contributed by atoms with E-state index in [4.69, 9.17) is 19.3 Å². The van der Waals surface area contributed by atoms with Crippen molar-refractivity contribution < 1.29 is 28.9 Å². The number of nitrogens with one attached hydrogen (secondary N) is 1. The third-order valence-electron chi connectivity index (χ3n) is 2.86. The van der Waals surface area contributed by atoms with Gasteiger partial charge in [-0.15, -0.1) is 0 Å². The van der Waals surface area contributed by atoms with Crippen LogP contribution in [0.3, 0.4) is 0 Å². The molecule has 0 saturated heterocycles. The molecular formula is C16H23NO6. The number of carboxylic acid groups (broad SMARTS) is 1. The van der Waals surface area contributed by atoms with Crippen LogP contribution in [0.5, 0.6) is 5.75 Å². The largest absolute Gasteiger partial charge is 0.506 e. The molecule has 0 spiro atoms. The highest BCUT2D eigenvalue weighted by atomic mass is 16.7. The third-order valence-corrected chi connectivity index (χ3v) is 2.86. The van der Waals surface area contributed by atoms with Crippen LogP contribution < -0.4 is 10.1 Å². The molecule has 0 aromatic heterocycles. The van der Waals surface area contributed by atoms with Gasteiger partial charge in [0.2, 0.25) is 0 Å². The number of benzene rings is 1. The lowest BCUT2D eigenvalue weighted by Crippen LogP contribution is -2.25. The van der Waals surface area contributed by atoms with Crippen LogP contribution in [-0.4, -0.2) is 30.1 Å². The van der Waals surface area contributed by atoms with E-state index in [1.54, 1.807) is 45.9 Å². The summed E-state index contributed by atoms with van der Waals surface area (Å²) in [5.74, 6) is 0.432. The van der Waals surface area contributed by atoms with E-state index in [1.807, 2.05) is 6.92 Å². The molecule has 0 aliphatic rings. The summed E-state index contributed by atoms with van der Waals surface area (Å²) in [4.78, 5) is 22.5. The minimum Gasteiger partial charge on any atom is -0.493 e. The number of amides is 1. The van der Waals surface area contributed by atoms with Gasteiger partial charge < -0.3 is 19.3 Å². The first-order valence-electron chi connectivity index (χ1n) is 7.32. The summed E-state index contributed by atoms with van der Waals surface area (Å²) in [5, 5.41) is 11.4. The minimum atomic E-state index is -1.37. The van der Waals surface area contributed by atoms with Crippen LogP contribution in [0, 0.1) is 0 Å². The van der Waals surface area contributed by atoms with Gasteiger partial charge in [-0.25, -0.2) is 9.59 Å². The average molecular weight is 325 g/mol. The molecule has 1 aromatic carbocycles. The van der Waals surface area contributed by atoms with E-state index in [9.17, 15) is 9.59 Å². The maximum absolute atomic E-state index is 11.6. The molecule has 0 unspecified atom stereocenters. The quantitative estimate of drug-likeness (QED) is 0.769. The van der Waals surface area contributed by atoms with E-state index in [0.717, 1.165) is 0 Å². The Morgan fingerprint density at radius 2 is 1.96 bits per heavy atom. The van der Waals surface area contributed by atoms with E-state index in [2.05, 4.69) is 5.32 Å². The molecule has 23 heavy (non-hydrogen) atoms. The number of rotatable bonds is 6.